The third-order valence-electron chi connectivity index (χ3n) is 4.73. The van der Waals surface area contributed by atoms with Crippen LogP contribution in [0.5, 0.6) is 0 Å². The van der Waals surface area contributed by atoms with E-state index in [1.54, 1.807) is 0 Å². The van der Waals surface area contributed by atoms with Gasteiger partial charge in [-0.15, -0.1) is 0 Å². The molecular weight excluding hydrogens is 280 g/mol. The molecule has 0 atom stereocenters. The summed E-state index contributed by atoms with van der Waals surface area (Å²) in [7, 11) is 0. The molecule has 0 rings (SSSR count). The van der Waals surface area contributed by atoms with Crippen LogP contribution in [0.15, 0.2) is 0 Å². The highest BCUT2D eigenvalue weighted by atomic mass is 16.2. The Balaban J connectivity index is 2.95. The van der Waals surface area contributed by atoms with Crippen LogP contribution < -0.4 is 0 Å². The molecule has 0 radical (unpaired) electrons. The summed E-state index contributed by atoms with van der Waals surface area (Å²) in [5.41, 5.74) is 0. The normalized spacial score (nSPS) is 10.5. The van der Waals surface area contributed by atoms with Crippen molar-refractivity contribution >= 4 is 0 Å². The summed E-state index contributed by atoms with van der Waals surface area (Å²) in [5, 5.41) is 8.35. The zero-order chi connectivity index (χ0) is 16.8. The van der Waals surface area contributed by atoms with Gasteiger partial charge in [0.15, 0.2) is 0 Å². The van der Waals surface area contributed by atoms with Crippen LogP contribution in [0.25, 0.3) is 0 Å². The van der Waals surface area contributed by atoms with Gasteiger partial charge in [-0.3, -0.25) is 0 Å². The van der Waals surface area contributed by atoms with Gasteiger partial charge in [-0.1, -0.05) is 122 Å². The Hall–Kier alpha value is -0.640. The lowest BCUT2D eigenvalue weighted by Gasteiger charge is -2.03. The van der Waals surface area contributed by atoms with Crippen molar-refractivity contribution in [1.29, 1.82) is 0 Å². The molecule has 0 saturated carbocycles. The number of rotatable bonds is 18. The molecule has 1 N–H and O–H groups in total. The Labute approximate surface area is 146 Å². The van der Waals surface area contributed by atoms with Crippen molar-refractivity contribution in [3.8, 4) is 12.0 Å². The molecule has 0 unspecified atom stereocenters. The van der Waals surface area contributed by atoms with Crippen molar-refractivity contribution in [2.24, 2.45) is 0 Å². The maximum Gasteiger partial charge on any atom is 0.107 e. The molecule has 1 heteroatoms. The van der Waals surface area contributed by atoms with Crippen LogP contribution in [0.4, 0.5) is 0 Å². The fourth-order valence-corrected chi connectivity index (χ4v) is 3.17. The van der Waals surface area contributed by atoms with E-state index in [2.05, 4.69) is 12.8 Å². The van der Waals surface area contributed by atoms with E-state index in [0.29, 0.717) is 0 Å². The SMILES string of the molecule is CCCCCCCCCCCCCCCCCCCCC#CO. The minimum absolute atomic E-state index is 0.856. The van der Waals surface area contributed by atoms with E-state index < -0.39 is 0 Å². The quantitative estimate of drug-likeness (QED) is 0.202. The topological polar surface area (TPSA) is 20.2 Å². The molecule has 0 fully saturated rings. The summed E-state index contributed by atoms with van der Waals surface area (Å²) >= 11 is 0. The van der Waals surface area contributed by atoms with E-state index >= 15 is 0 Å². The highest BCUT2D eigenvalue weighted by molar-refractivity contribution is 4.88. The van der Waals surface area contributed by atoms with Crippen LogP contribution >= 0.6 is 0 Å². The maximum absolute atomic E-state index is 8.35. The molecule has 136 valence electrons. The third kappa shape index (κ3) is 21.4. The number of unbranched alkanes of at least 4 members (excludes halogenated alkanes) is 18. The summed E-state index contributed by atoms with van der Waals surface area (Å²) < 4.78 is 0. The summed E-state index contributed by atoms with van der Waals surface area (Å²) in [4.78, 5) is 0. The minimum Gasteiger partial charge on any atom is -0.462 e. The standard InChI is InChI=1S/C22H42O/c1-2-3-4-5-6-7-8-9-10-11-12-13-14-15-16-17-18-19-20-21-22-23/h23H,2-20H2,1H3. The first-order chi connectivity index (χ1) is 11.4. The molecular formula is C22H42O. The molecule has 0 saturated heterocycles. The second-order valence-electron chi connectivity index (χ2n) is 7.05. The van der Waals surface area contributed by atoms with Gasteiger partial charge in [0.05, 0.1) is 0 Å². The first kappa shape index (κ1) is 22.4. The van der Waals surface area contributed by atoms with Crippen molar-refractivity contribution in [3.63, 3.8) is 0 Å². The Morgan fingerprint density at radius 1 is 0.478 bits per heavy atom. The van der Waals surface area contributed by atoms with Crippen LogP contribution in [0.1, 0.15) is 129 Å². The lowest BCUT2D eigenvalue weighted by Crippen LogP contribution is -1.84. The number of hydrogen-bond acceptors (Lipinski definition) is 1. The van der Waals surface area contributed by atoms with Gasteiger partial charge in [0.1, 0.15) is 6.11 Å². The fraction of sp³-hybridized carbons (Fsp3) is 0.909. The molecule has 0 aliphatic heterocycles. The molecule has 0 heterocycles. The Morgan fingerprint density at radius 3 is 1.09 bits per heavy atom. The van der Waals surface area contributed by atoms with Crippen molar-refractivity contribution in [1.82, 2.24) is 0 Å². The van der Waals surface area contributed by atoms with Crippen LogP contribution in [-0.4, -0.2) is 5.11 Å². The van der Waals surface area contributed by atoms with E-state index in [9.17, 15) is 0 Å². The molecule has 0 aromatic heterocycles. The predicted octanol–water partition coefficient (Wildman–Crippen LogP) is 7.75. The highest BCUT2D eigenvalue weighted by Crippen LogP contribution is 2.14. The second-order valence-corrected chi connectivity index (χ2v) is 7.05. The first-order valence-corrected chi connectivity index (χ1v) is 10.5. The van der Waals surface area contributed by atoms with Crippen LogP contribution in [0.3, 0.4) is 0 Å². The first-order valence-electron chi connectivity index (χ1n) is 10.5. The Morgan fingerprint density at radius 2 is 0.783 bits per heavy atom. The Kier molecular flexibility index (Phi) is 20.8. The second kappa shape index (κ2) is 21.4. The number of aliphatic hydroxyl groups excluding tert-OH is 1. The van der Waals surface area contributed by atoms with Crippen molar-refractivity contribution in [2.45, 2.75) is 129 Å². The van der Waals surface area contributed by atoms with Gasteiger partial charge >= 0.3 is 0 Å². The molecule has 0 aliphatic carbocycles. The van der Waals surface area contributed by atoms with E-state index in [1.165, 1.54) is 109 Å². The number of aliphatic hydroxyl groups is 1. The number of hydrogen-bond donors (Lipinski definition) is 1. The van der Waals surface area contributed by atoms with E-state index in [-0.39, 0.29) is 0 Å². The zero-order valence-electron chi connectivity index (χ0n) is 15.9. The molecule has 0 aliphatic rings. The van der Waals surface area contributed by atoms with Crippen molar-refractivity contribution < 1.29 is 5.11 Å². The lowest BCUT2D eigenvalue weighted by atomic mass is 10.0. The van der Waals surface area contributed by atoms with Gasteiger partial charge < -0.3 is 5.11 Å². The fourth-order valence-electron chi connectivity index (χ4n) is 3.17. The van der Waals surface area contributed by atoms with Gasteiger partial charge in [0, 0.05) is 6.42 Å². The molecule has 23 heavy (non-hydrogen) atoms. The van der Waals surface area contributed by atoms with Crippen LogP contribution in [0.2, 0.25) is 0 Å². The van der Waals surface area contributed by atoms with E-state index in [1.807, 2.05) is 6.11 Å². The molecule has 1 nitrogen and oxygen atoms in total. The average Bonchev–Trinajstić information content (AvgIpc) is 2.57. The van der Waals surface area contributed by atoms with E-state index in [0.717, 1.165) is 12.8 Å². The lowest BCUT2D eigenvalue weighted by molar-refractivity contribution is 0.514. The van der Waals surface area contributed by atoms with E-state index in [4.69, 9.17) is 5.11 Å². The van der Waals surface area contributed by atoms with Gasteiger partial charge in [0.25, 0.3) is 0 Å². The van der Waals surface area contributed by atoms with Crippen LogP contribution in [-0.2, 0) is 0 Å². The van der Waals surface area contributed by atoms with Gasteiger partial charge in [0.2, 0.25) is 0 Å². The largest absolute Gasteiger partial charge is 0.462 e. The van der Waals surface area contributed by atoms with Gasteiger partial charge in [-0.05, 0) is 6.42 Å². The smallest absolute Gasteiger partial charge is 0.107 e. The monoisotopic (exact) mass is 322 g/mol. The third-order valence-corrected chi connectivity index (χ3v) is 4.73. The summed E-state index contributed by atoms with van der Waals surface area (Å²) in [6.45, 7) is 2.29. The van der Waals surface area contributed by atoms with Gasteiger partial charge in [-0.2, -0.15) is 0 Å². The minimum atomic E-state index is 0.856. The van der Waals surface area contributed by atoms with Crippen molar-refractivity contribution in [2.75, 3.05) is 0 Å². The molecule has 0 aromatic rings. The summed E-state index contributed by atoms with van der Waals surface area (Å²) in [6.07, 6.45) is 28.2. The van der Waals surface area contributed by atoms with Crippen molar-refractivity contribution in [3.05, 3.63) is 0 Å². The highest BCUT2D eigenvalue weighted by Gasteiger charge is 1.94. The van der Waals surface area contributed by atoms with Crippen LogP contribution in [0, 0.1) is 12.0 Å². The summed E-state index contributed by atoms with van der Waals surface area (Å²) in [5.74, 6) is 2.71. The Bertz CT molecular complexity index is 261. The molecule has 0 amide bonds. The van der Waals surface area contributed by atoms with Gasteiger partial charge in [-0.25, -0.2) is 0 Å². The molecule has 0 aromatic carbocycles. The summed E-state index contributed by atoms with van der Waals surface area (Å²) in [6, 6.07) is 0. The molecule has 0 bridgehead atoms. The average molecular weight is 323 g/mol. The zero-order valence-corrected chi connectivity index (χ0v) is 15.9. The molecule has 0 spiro atoms. The predicted molar refractivity (Wildman–Crippen MR) is 103 cm³/mol. The maximum atomic E-state index is 8.35.